The maximum atomic E-state index is 13.0. The monoisotopic (exact) mass is 262 g/mol. The van der Waals surface area contributed by atoms with Crippen LogP contribution in [-0.4, -0.2) is 5.91 Å². The summed E-state index contributed by atoms with van der Waals surface area (Å²) in [7, 11) is 0. The molecule has 1 amide bonds. The van der Waals surface area contributed by atoms with E-state index in [4.69, 9.17) is 5.73 Å². The first-order chi connectivity index (χ1) is 9.08. The van der Waals surface area contributed by atoms with Crippen molar-refractivity contribution < 1.29 is 13.6 Å². The van der Waals surface area contributed by atoms with Gasteiger partial charge in [0, 0.05) is 23.9 Å². The van der Waals surface area contributed by atoms with Crippen molar-refractivity contribution >= 4 is 11.6 Å². The summed E-state index contributed by atoms with van der Waals surface area (Å²) >= 11 is 0. The number of carbonyl (C=O) groups excluding carboxylic acids is 1. The Hall–Kier alpha value is -2.43. The topological polar surface area (TPSA) is 55.1 Å². The molecule has 0 spiro atoms. The lowest BCUT2D eigenvalue weighted by Crippen LogP contribution is -2.15. The molecule has 2 aromatic rings. The maximum Gasteiger partial charge on any atom is 0.249 e. The van der Waals surface area contributed by atoms with Crippen molar-refractivity contribution in [3.8, 4) is 0 Å². The molecule has 3 nitrogen and oxygen atoms in total. The number of amides is 1. The van der Waals surface area contributed by atoms with E-state index in [1.54, 1.807) is 24.3 Å². The Bertz CT molecular complexity index is 614. The molecular weight excluding hydrogens is 250 g/mol. The first-order valence-electron chi connectivity index (χ1n) is 5.64. The van der Waals surface area contributed by atoms with Crippen LogP contribution in [0.5, 0.6) is 0 Å². The lowest BCUT2D eigenvalue weighted by atomic mass is 10.1. The number of primary amides is 1. The van der Waals surface area contributed by atoms with Crippen molar-refractivity contribution in [3.05, 3.63) is 65.2 Å². The molecule has 0 heterocycles. The first-order valence-corrected chi connectivity index (χ1v) is 5.64. The summed E-state index contributed by atoms with van der Waals surface area (Å²) in [5.41, 5.74) is 6.77. The van der Waals surface area contributed by atoms with E-state index in [0.29, 0.717) is 23.4 Å². The van der Waals surface area contributed by atoms with Gasteiger partial charge < -0.3 is 11.1 Å². The number of nitrogens with two attached hydrogens (primary N) is 1. The Labute approximate surface area is 109 Å². The minimum Gasteiger partial charge on any atom is -0.381 e. The quantitative estimate of drug-likeness (QED) is 0.890. The number of benzene rings is 2. The average molecular weight is 262 g/mol. The van der Waals surface area contributed by atoms with Crippen molar-refractivity contribution in [1.82, 2.24) is 0 Å². The van der Waals surface area contributed by atoms with E-state index >= 15 is 0 Å². The predicted molar refractivity (Wildman–Crippen MR) is 68.6 cm³/mol. The van der Waals surface area contributed by atoms with E-state index in [0.717, 1.165) is 12.1 Å². The third-order valence-electron chi connectivity index (χ3n) is 2.69. The fourth-order valence-electron chi connectivity index (χ4n) is 1.72. The standard InChI is InChI=1S/C14H12F2N2O/c15-12-6-5-10(7-13(12)16)18-8-9-3-1-2-4-11(9)14(17)19/h1-7,18H,8H2,(H2,17,19). The van der Waals surface area contributed by atoms with Gasteiger partial charge in [0.05, 0.1) is 0 Å². The second-order valence-electron chi connectivity index (χ2n) is 4.00. The average Bonchev–Trinajstić information content (AvgIpc) is 2.40. The van der Waals surface area contributed by atoms with Crippen molar-refractivity contribution in [1.29, 1.82) is 0 Å². The highest BCUT2D eigenvalue weighted by Gasteiger charge is 2.07. The number of hydrogen-bond donors (Lipinski definition) is 2. The van der Waals surface area contributed by atoms with Crippen LogP contribution in [-0.2, 0) is 6.54 Å². The minimum absolute atomic E-state index is 0.296. The lowest BCUT2D eigenvalue weighted by Gasteiger charge is -2.09. The molecule has 0 radical (unpaired) electrons. The van der Waals surface area contributed by atoms with Crippen LogP contribution in [0.4, 0.5) is 14.5 Å². The van der Waals surface area contributed by atoms with Crippen LogP contribution in [0.1, 0.15) is 15.9 Å². The Morgan fingerprint density at radius 3 is 2.53 bits per heavy atom. The van der Waals surface area contributed by atoms with Crippen LogP contribution < -0.4 is 11.1 Å². The second kappa shape index (κ2) is 5.48. The number of nitrogens with one attached hydrogen (secondary N) is 1. The summed E-state index contributed by atoms with van der Waals surface area (Å²) in [4.78, 5) is 11.2. The highest BCUT2D eigenvalue weighted by molar-refractivity contribution is 5.94. The van der Waals surface area contributed by atoms with Crippen molar-refractivity contribution in [2.45, 2.75) is 6.54 Å². The van der Waals surface area contributed by atoms with Crippen LogP contribution in [0.3, 0.4) is 0 Å². The lowest BCUT2D eigenvalue weighted by molar-refractivity contribution is 0.0999. The molecule has 2 aromatic carbocycles. The molecule has 3 N–H and O–H groups in total. The predicted octanol–water partition coefficient (Wildman–Crippen LogP) is 2.68. The van der Waals surface area contributed by atoms with E-state index < -0.39 is 17.5 Å². The highest BCUT2D eigenvalue weighted by Crippen LogP contribution is 2.15. The van der Waals surface area contributed by atoms with Gasteiger partial charge in [0.1, 0.15) is 0 Å². The zero-order valence-electron chi connectivity index (χ0n) is 9.99. The molecule has 0 aromatic heterocycles. The molecule has 0 atom stereocenters. The van der Waals surface area contributed by atoms with E-state index in [9.17, 15) is 13.6 Å². The fraction of sp³-hybridized carbons (Fsp3) is 0.0714. The zero-order valence-corrected chi connectivity index (χ0v) is 9.99. The zero-order chi connectivity index (χ0) is 13.8. The smallest absolute Gasteiger partial charge is 0.249 e. The van der Waals surface area contributed by atoms with Crippen LogP contribution in [0.15, 0.2) is 42.5 Å². The molecule has 0 bridgehead atoms. The van der Waals surface area contributed by atoms with Gasteiger partial charge in [0.2, 0.25) is 5.91 Å². The Balaban J connectivity index is 2.14. The number of rotatable bonds is 4. The molecule has 0 aliphatic rings. The first kappa shape index (κ1) is 13.0. The Morgan fingerprint density at radius 2 is 1.84 bits per heavy atom. The molecule has 0 saturated heterocycles. The molecule has 2 rings (SSSR count). The summed E-state index contributed by atoms with van der Waals surface area (Å²) in [6, 6.07) is 10.4. The molecule has 0 aliphatic carbocycles. The molecule has 98 valence electrons. The molecule has 0 fully saturated rings. The van der Waals surface area contributed by atoms with Gasteiger partial charge in [0.25, 0.3) is 0 Å². The van der Waals surface area contributed by atoms with E-state index in [-0.39, 0.29) is 0 Å². The van der Waals surface area contributed by atoms with Crippen LogP contribution in [0.25, 0.3) is 0 Å². The summed E-state index contributed by atoms with van der Waals surface area (Å²) in [6.07, 6.45) is 0. The second-order valence-corrected chi connectivity index (χ2v) is 4.00. The van der Waals surface area contributed by atoms with E-state index in [2.05, 4.69) is 5.32 Å². The summed E-state index contributed by atoms with van der Waals surface area (Å²) < 4.78 is 25.8. The van der Waals surface area contributed by atoms with Crippen molar-refractivity contribution in [2.24, 2.45) is 5.73 Å². The Kier molecular flexibility index (Phi) is 3.75. The normalized spacial score (nSPS) is 10.2. The van der Waals surface area contributed by atoms with Crippen LogP contribution >= 0.6 is 0 Å². The maximum absolute atomic E-state index is 13.0. The van der Waals surface area contributed by atoms with Gasteiger partial charge in [-0.1, -0.05) is 18.2 Å². The van der Waals surface area contributed by atoms with Crippen molar-refractivity contribution in [2.75, 3.05) is 5.32 Å². The molecule has 0 unspecified atom stereocenters. The summed E-state index contributed by atoms with van der Waals surface area (Å²) in [5.74, 6) is -2.35. The van der Waals surface area contributed by atoms with E-state index in [1.807, 2.05) is 0 Å². The fourth-order valence-corrected chi connectivity index (χ4v) is 1.72. The molecule has 0 saturated carbocycles. The number of halogens is 2. The van der Waals surface area contributed by atoms with Crippen LogP contribution in [0, 0.1) is 11.6 Å². The van der Waals surface area contributed by atoms with Gasteiger partial charge in [-0.15, -0.1) is 0 Å². The van der Waals surface area contributed by atoms with Gasteiger partial charge in [0.15, 0.2) is 11.6 Å². The third kappa shape index (κ3) is 3.07. The van der Waals surface area contributed by atoms with E-state index in [1.165, 1.54) is 6.07 Å². The molecule has 5 heteroatoms. The SMILES string of the molecule is NC(=O)c1ccccc1CNc1ccc(F)c(F)c1. The largest absolute Gasteiger partial charge is 0.381 e. The van der Waals surface area contributed by atoms with Gasteiger partial charge in [-0.05, 0) is 23.8 Å². The van der Waals surface area contributed by atoms with Crippen molar-refractivity contribution in [3.63, 3.8) is 0 Å². The van der Waals surface area contributed by atoms with Crippen LogP contribution in [0.2, 0.25) is 0 Å². The van der Waals surface area contributed by atoms with Gasteiger partial charge in [-0.3, -0.25) is 4.79 Å². The Morgan fingerprint density at radius 1 is 1.11 bits per heavy atom. The molecule has 19 heavy (non-hydrogen) atoms. The molecule has 0 aliphatic heterocycles. The summed E-state index contributed by atoms with van der Waals surface area (Å²) in [6.45, 7) is 0.296. The summed E-state index contributed by atoms with van der Waals surface area (Å²) in [5, 5.41) is 2.91. The van der Waals surface area contributed by atoms with Gasteiger partial charge in [-0.25, -0.2) is 8.78 Å². The third-order valence-corrected chi connectivity index (χ3v) is 2.69. The van der Waals surface area contributed by atoms with Gasteiger partial charge in [-0.2, -0.15) is 0 Å². The molecular formula is C14H12F2N2O. The number of carbonyl (C=O) groups is 1. The number of hydrogen-bond acceptors (Lipinski definition) is 2. The minimum atomic E-state index is -0.923. The van der Waals surface area contributed by atoms with Gasteiger partial charge >= 0.3 is 0 Å². The highest BCUT2D eigenvalue weighted by atomic mass is 19.2. The number of anilines is 1.